The number of hydrogen-bond donors (Lipinski definition) is 2. The Hall–Kier alpha value is -3.66. The predicted octanol–water partition coefficient (Wildman–Crippen LogP) is 5.44. The van der Waals surface area contributed by atoms with E-state index < -0.39 is 16.1 Å². The zero-order valence-corrected chi connectivity index (χ0v) is 25.0. The highest BCUT2D eigenvalue weighted by Gasteiger charge is 2.32. The van der Waals surface area contributed by atoms with Crippen molar-refractivity contribution in [1.82, 2.24) is 15.4 Å². The van der Waals surface area contributed by atoms with Crippen LogP contribution in [0.4, 0.5) is 5.88 Å². The van der Waals surface area contributed by atoms with E-state index in [4.69, 9.17) is 4.52 Å². The van der Waals surface area contributed by atoms with Gasteiger partial charge in [-0.25, -0.2) is 13.1 Å². The number of nitrogens with zero attached hydrogens (tertiary/aromatic N) is 2. The van der Waals surface area contributed by atoms with E-state index in [0.29, 0.717) is 35.3 Å². The first kappa shape index (κ1) is 30.9. The number of sulfonamides is 1. The molecule has 0 unspecified atom stereocenters. The van der Waals surface area contributed by atoms with Crippen LogP contribution < -0.4 is 10.0 Å². The third-order valence-electron chi connectivity index (χ3n) is 6.83. The molecule has 0 fully saturated rings. The minimum absolute atomic E-state index is 0.0589. The smallest absolute Gasteiger partial charge is 0.264 e. The van der Waals surface area contributed by atoms with Crippen molar-refractivity contribution >= 4 is 27.7 Å². The molecular weight excluding hydrogens is 528 g/mol. The number of anilines is 1. The lowest BCUT2D eigenvalue weighted by atomic mass is 9.98. The Labute approximate surface area is 237 Å². The molecule has 0 saturated heterocycles. The van der Waals surface area contributed by atoms with E-state index in [0.717, 1.165) is 18.4 Å². The van der Waals surface area contributed by atoms with Crippen LogP contribution in [-0.4, -0.2) is 42.9 Å². The molecule has 0 spiro atoms. The molecule has 3 rings (SSSR count). The minimum Gasteiger partial charge on any atom is -0.355 e. The Morgan fingerprint density at radius 1 is 1.02 bits per heavy atom. The lowest BCUT2D eigenvalue weighted by Gasteiger charge is -2.33. The zero-order valence-electron chi connectivity index (χ0n) is 24.2. The quantitative estimate of drug-likeness (QED) is 0.283. The van der Waals surface area contributed by atoms with Crippen LogP contribution in [0.2, 0.25) is 0 Å². The van der Waals surface area contributed by atoms with E-state index in [1.807, 2.05) is 52.0 Å². The van der Waals surface area contributed by atoms with Crippen LogP contribution in [0.1, 0.15) is 63.8 Å². The second-order valence-corrected chi connectivity index (χ2v) is 11.9. The maximum Gasteiger partial charge on any atom is 0.264 e. The summed E-state index contributed by atoms with van der Waals surface area (Å²) in [4.78, 5) is 28.0. The number of likely N-dealkylation sites (N-methyl/N-ethyl adjacent to an activating group) is 1. The van der Waals surface area contributed by atoms with Crippen molar-refractivity contribution in [2.75, 3.05) is 11.3 Å². The summed E-state index contributed by atoms with van der Waals surface area (Å²) < 4.78 is 34.3. The summed E-state index contributed by atoms with van der Waals surface area (Å²) in [6.45, 7) is 12.0. The fraction of sp³-hybridized carbons (Fsp3) is 0.433. The number of carbonyl (C=O) groups excluding carboxylic acids is 2. The first-order valence-corrected chi connectivity index (χ1v) is 15.2. The normalized spacial score (nSPS) is 12.3. The van der Waals surface area contributed by atoms with Gasteiger partial charge in [0.05, 0.1) is 10.6 Å². The van der Waals surface area contributed by atoms with Crippen molar-refractivity contribution in [2.24, 2.45) is 5.92 Å². The van der Waals surface area contributed by atoms with Crippen LogP contribution in [0.25, 0.3) is 11.1 Å². The van der Waals surface area contributed by atoms with E-state index in [-0.39, 0.29) is 35.1 Å². The largest absolute Gasteiger partial charge is 0.355 e. The fourth-order valence-corrected chi connectivity index (χ4v) is 5.79. The van der Waals surface area contributed by atoms with Gasteiger partial charge in [0.1, 0.15) is 6.04 Å². The molecule has 1 heterocycles. The summed E-state index contributed by atoms with van der Waals surface area (Å²) in [5, 5.41) is 6.70. The summed E-state index contributed by atoms with van der Waals surface area (Å²) in [5.74, 6) is -0.209. The Balaban J connectivity index is 1.91. The minimum atomic E-state index is -3.97. The summed E-state index contributed by atoms with van der Waals surface area (Å²) in [5.41, 5.74) is 3.29. The van der Waals surface area contributed by atoms with E-state index in [2.05, 4.69) is 15.2 Å². The number of carbonyl (C=O) groups is 2. The highest BCUT2D eigenvalue weighted by atomic mass is 32.2. The Morgan fingerprint density at radius 3 is 2.27 bits per heavy atom. The van der Waals surface area contributed by atoms with Gasteiger partial charge in [-0.15, -0.1) is 0 Å². The molecule has 0 radical (unpaired) electrons. The van der Waals surface area contributed by atoms with E-state index >= 15 is 0 Å². The molecule has 2 N–H and O–H groups in total. The number of hydrogen-bond acceptors (Lipinski definition) is 6. The van der Waals surface area contributed by atoms with Gasteiger partial charge in [0, 0.05) is 30.6 Å². The van der Waals surface area contributed by atoms with Crippen LogP contribution in [0.15, 0.2) is 57.9 Å². The van der Waals surface area contributed by atoms with Crippen molar-refractivity contribution in [3.63, 3.8) is 0 Å². The number of aryl methyl sites for hydroxylation is 1. The number of nitrogens with one attached hydrogen (secondary N) is 2. The molecule has 0 aliphatic carbocycles. The molecule has 2 amide bonds. The number of amides is 2. The summed E-state index contributed by atoms with van der Waals surface area (Å²) in [6.07, 6.45) is 2.01. The molecule has 1 atom stereocenters. The molecule has 0 aliphatic heterocycles. The molecule has 0 bridgehead atoms. The Morgan fingerprint density at radius 2 is 1.70 bits per heavy atom. The monoisotopic (exact) mass is 568 g/mol. The predicted molar refractivity (Wildman–Crippen MR) is 156 cm³/mol. The standard InChI is InChI=1S/C30H40N4O5S/c1-7-9-14-27(35)34(28(20(3)4)29(36)31-8-2)19-23-15-17-24(18-16-23)25-12-10-11-13-26(25)40(37,38)33-30-21(5)22(6)32-39-30/h10-13,15-18,20,28,33H,7-9,14,19H2,1-6H3,(H,31,36)/t28-/m0/s1. The second kappa shape index (κ2) is 13.6. The lowest BCUT2D eigenvalue weighted by molar-refractivity contribution is -0.143. The first-order chi connectivity index (χ1) is 19.0. The van der Waals surface area contributed by atoms with Crippen molar-refractivity contribution < 1.29 is 22.5 Å². The second-order valence-electron chi connectivity index (χ2n) is 10.2. The highest BCUT2D eigenvalue weighted by Crippen LogP contribution is 2.30. The Bertz CT molecular complexity index is 1410. The van der Waals surface area contributed by atoms with E-state index in [1.54, 1.807) is 36.9 Å². The maximum absolute atomic E-state index is 13.3. The highest BCUT2D eigenvalue weighted by molar-refractivity contribution is 7.92. The van der Waals surface area contributed by atoms with E-state index in [1.165, 1.54) is 6.07 Å². The van der Waals surface area contributed by atoms with Gasteiger partial charge in [0.25, 0.3) is 10.0 Å². The first-order valence-electron chi connectivity index (χ1n) is 13.7. The van der Waals surface area contributed by atoms with Crippen LogP contribution in [0, 0.1) is 19.8 Å². The third kappa shape index (κ3) is 7.29. The Kier molecular flexibility index (Phi) is 10.5. The molecule has 3 aromatic rings. The van der Waals surface area contributed by atoms with Crippen molar-refractivity contribution in [1.29, 1.82) is 0 Å². The van der Waals surface area contributed by atoms with Gasteiger partial charge in [0.2, 0.25) is 17.7 Å². The van der Waals surface area contributed by atoms with Crippen molar-refractivity contribution in [3.05, 3.63) is 65.4 Å². The third-order valence-corrected chi connectivity index (χ3v) is 8.22. The van der Waals surface area contributed by atoms with Gasteiger partial charge in [0.15, 0.2) is 0 Å². The van der Waals surface area contributed by atoms with Crippen LogP contribution in [0.5, 0.6) is 0 Å². The average Bonchev–Trinajstić information content (AvgIpc) is 3.23. The van der Waals surface area contributed by atoms with Crippen LogP contribution in [-0.2, 0) is 26.2 Å². The molecule has 216 valence electrons. The van der Waals surface area contributed by atoms with Crippen molar-refractivity contribution in [2.45, 2.75) is 78.3 Å². The molecule has 2 aromatic carbocycles. The number of rotatable bonds is 13. The molecule has 1 aromatic heterocycles. The SMILES string of the molecule is CCCCC(=O)N(Cc1ccc(-c2ccccc2S(=O)(=O)Nc2onc(C)c2C)cc1)[C@H](C(=O)NCC)C(C)C. The van der Waals surface area contributed by atoms with Crippen LogP contribution >= 0.6 is 0 Å². The van der Waals surface area contributed by atoms with Gasteiger partial charge >= 0.3 is 0 Å². The lowest BCUT2D eigenvalue weighted by Crippen LogP contribution is -2.51. The van der Waals surface area contributed by atoms with Gasteiger partial charge in [-0.05, 0) is 50.3 Å². The summed E-state index contributed by atoms with van der Waals surface area (Å²) in [6, 6.07) is 13.5. The zero-order chi connectivity index (χ0) is 29.4. The fourth-order valence-electron chi connectivity index (χ4n) is 4.51. The van der Waals surface area contributed by atoms with Gasteiger partial charge in [-0.1, -0.05) is 74.8 Å². The van der Waals surface area contributed by atoms with Crippen LogP contribution in [0.3, 0.4) is 0 Å². The van der Waals surface area contributed by atoms with E-state index in [9.17, 15) is 18.0 Å². The molecule has 0 saturated carbocycles. The molecule has 0 aliphatic rings. The molecule has 40 heavy (non-hydrogen) atoms. The molecule has 9 nitrogen and oxygen atoms in total. The van der Waals surface area contributed by atoms with Crippen molar-refractivity contribution in [3.8, 4) is 11.1 Å². The molecule has 10 heteroatoms. The number of benzene rings is 2. The maximum atomic E-state index is 13.3. The number of unbranched alkanes of at least 4 members (excludes halogenated alkanes) is 1. The summed E-state index contributed by atoms with van der Waals surface area (Å²) in [7, 11) is -3.97. The topological polar surface area (TPSA) is 122 Å². The van der Waals surface area contributed by atoms with Gasteiger partial charge in [-0.3, -0.25) is 9.59 Å². The van der Waals surface area contributed by atoms with Gasteiger partial charge < -0.3 is 14.7 Å². The molecular formula is C30H40N4O5S. The number of aromatic nitrogens is 1. The average molecular weight is 569 g/mol. The summed E-state index contributed by atoms with van der Waals surface area (Å²) >= 11 is 0. The van der Waals surface area contributed by atoms with Gasteiger partial charge in [-0.2, -0.15) is 0 Å².